The molecule has 0 N–H and O–H groups in total. The van der Waals surface area contributed by atoms with Crippen LogP contribution in [-0.2, 0) is 19.6 Å². The largest absolute Gasteiger partial charge is 0.543 e. The summed E-state index contributed by atoms with van der Waals surface area (Å²) < 4.78 is 4.86. The maximum atomic E-state index is 12.0. The van der Waals surface area contributed by atoms with Crippen molar-refractivity contribution in [3.05, 3.63) is 34.4 Å². The Morgan fingerprint density at radius 3 is 1.96 bits per heavy atom. The second kappa shape index (κ2) is 13.1. The second-order valence-corrected chi connectivity index (χ2v) is 6.87. The first-order valence-corrected chi connectivity index (χ1v) is 9.75. The molecule has 0 heterocycles. The lowest BCUT2D eigenvalue weighted by atomic mass is 10.0. The van der Waals surface area contributed by atoms with Crippen LogP contribution in [0, 0.1) is 20.8 Å². The van der Waals surface area contributed by atoms with Crippen molar-refractivity contribution in [2.24, 2.45) is 0 Å². The molecular weight excluding hydrogens is 348 g/mol. The molecule has 1 aromatic rings. The molecule has 0 saturated heterocycles. The molecule has 0 bridgehead atoms. The van der Waals surface area contributed by atoms with E-state index >= 15 is 0 Å². The van der Waals surface area contributed by atoms with Gasteiger partial charge in [-0.2, -0.15) is 0 Å². The van der Waals surface area contributed by atoms with E-state index < -0.39 is 12.1 Å². The normalized spacial score (nSPS) is 10.5. The summed E-state index contributed by atoms with van der Waals surface area (Å²) in [5.41, 5.74) is 2.96. The Bertz CT molecular complexity index is 573. The molecule has 0 aliphatic rings. The van der Waals surface area contributed by atoms with Gasteiger partial charge in [0.25, 0.3) is 0 Å². The van der Waals surface area contributed by atoms with E-state index in [0.29, 0.717) is 5.56 Å². The van der Waals surface area contributed by atoms with Crippen molar-refractivity contribution in [1.29, 1.82) is 0 Å². The number of ether oxygens (including phenoxy) is 1. The van der Waals surface area contributed by atoms with Crippen LogP contribution in [0.15, 0.2) is 12.1 Å². The molecule has 0 spiro atoms. The molecule has 1 rings (SSSR count). The summed E-state index contributed by atoms with van der Waals surface area (Å²) in [5, 5.41) is 4.26. The fraction of sp³-hybridized carbons (Fsp3) is 0.619. The fourth-order valence-corrected chi connectivity index (χ4v) is 3.03. The molecule has 0 radical (unpaired) electrons. The Morgan fingerprint density at radius 1 is 0.815 bits per heavy atom. The highest BCUT2D eigenvalue weighted by Crippen LogP contribution is 2.17. The molecule has 0 aliphatic heterocycles. The van der Waals surface area contributed by atoms with Crippen LogP contribution in [-0.4, -0.2) is 18.7 Å². The van der Waals surface area contributed by atoms with Gasteiger partial charge in [-0.3, -0.25) is 4.89 Å². The van der Waals surface area contributed by atoms with Crippen molar-refractivity contribution < 1.29 is 29.1 Å². The smallest absolute Gasteiger partial charge is 0.432 e. The maximum absolute atomic E-state index is 12.0. The lowest BCUT2D eigenvalue weighted by molar-refractivity contribution is -0.452. The van der Waals surface area contributed by atoms with Crippen LogP contribution in [0.25, 0.3) is 0 Å². The molecule has 0 unspecified atom stereocenters. The molecule has 27 heavy (non-hydrogen) atoms. The molecule has 6 heteroatoms. The van der Waals surface area contributed by atoms with Crippen LogP contribution < -0.4 is 0 Å². The van der Waals surface area contributed by atoms with Gasteiger partial charge in [0.05, 0.1) is 17.2 Å². The van der Waals surface area contributed by atoms with Gasteiger partial charge in [-0.05, 0) is 38.3 Å². The Kier molecular flexibility index (Phi) is 11.2. The van der Waals surface area contributed by atoms with Crippen LogP contribution in [0.2, 0.25) is 0 Å². The lowest BCUT2D eigenvalue weighted by Crippen LogP contribution is -2.14. The molecule has 0 fully saturated rings. The summed E-state index contributed by atoms with van der Waals surface area (Å²) in [6.45, 7) is 8.00. The first-order chi connectivity index (χ1) is 13.0. The standard InChI is InChI=1S/C21H32O6/c1-5-6-7-8-9-10-11-12-13-24-21(23)26-27-25-20(22)19-17(3)14-16(2)15-18(19)4/h14-15H,5-13H2,1-4H3. The van der Waals surface area contributed by atoms with Gasteiger partial charge in [0.2, 0.25) is 0 Å². The van der Waals surface area contributed by atoms with E-state index in [2.05, 4.69) is 21.7 Å². The molecule has 0 aromatic heterocycles. The van der Waals surface area contributed by atoms with Gasteiger partial charge in [-0.1, -0.05) is 69.6 Å². The highest BCUT2D eigenvalue weighted by atomic mass is 17.5. The van der Waals surface area contributed by atoms with Gasteiger partial charge in [-0.25, -0.2) is 14.5 Å². The number of carbonyl (C=O) groups is 2. The minimum atomic E-state index is -1.02. The van der Waals surface area contributed by atoms with Gasteiger partial charge in [0, 0.05) is 0 Å². The molecular formula is C21H32O6. The Morgan fingerprint density at radius 2 is 1.37 bits per heavy atom. The highest BCUT2D eigenvalue weighted by molar-refractivity contribution is 5.92. The topological polar surface area (TPSA) is 71.1 Å². The number of aryl methyl sites for hydroxylation is 3. The van der Waals surface area contributed by atoms with Gasteiger partial charge < -0.3 is 4.74 Å². The van der Waals surface area contributed by atoms with Gasteiger partial charge >= 0.3 is 12.1 Å². The average molecular weight is 380 g/mol. The Hall–Kier alpha value is -2.08. The summed E-state index contributed by atoms with van der Waals surface area (Å²) in [4.78, 5) is 32.2. The predicted molar refractivity (Wildman–Crippen MR) is 102 cm³/mol. The van der Waals surface area contributed by atoms with E-state index in [1.165, 1.54) is 32.1 Å². The number of rotatable bonds is 12. The molecule has 1 aromatic carbocycles. The van der Waals surface area contributed by atoms with Crippen molar-refractivity contribution in [3.63, 3.8) is 0 Å². The van der Waals surface area contributed by atoms with Crippen molar-refractivity contribution >= 4 is 12.1 Å². The Labute approximate surface area is 162 Å². The van der Waals surface area contributed by atoms with E-state index in [-0.39, 0.29) is 6.61 Å². The van der Waals surface area contributed by atoms with Gasteiger partial charge in [-0.15, -0.1) is 0 Å². The zero-order valence-electron chi connectivity index (χ0n) is 17.0. The first-order valence-electron chi connectivity index (χ1n) is 9.75. The minimum Gasteiger partial charge on any atom is -0.432 e. The predicted octanol–water partition coefficient (Wildman–Crippen LogP) is 5.91. The second-order valence-electron chi connectivity index (χ2n) is 6.87. The summed E-state index contributed by atoms with van der Waals surface area (Å²) in [7, 11) is 0. The van der Waals surface area contributed by atoms with Gasteiger partial charge in [0.1, 0.15) is 0 Å². The SMILES string of the molecule is CCCCCCCCCCOC(=O)OOOC(=O)c1c(C)cc(C)cc1C. The average Bonchev–Trinajstić information content (AvgIpc) is 2.59. The van der Waals surface area contributed by atoms with E-state index in [4.69, 9.17) is 4.74 Å². The monoisotopic (exact) mass is 380 g/mol. The maximum Gasteiger partial charge on any atom is 0.543 e. The highest BCUT2D eigenvalue weighted by Gasteiger charge is 2.17. The van der Waals surface area contributed by atoms with Crippen LogP contribution in [0.1, 0.15) is 85.3 Å². The van der Waals surface area contributed by atoms with Crippen LogP contribution >= 0.6 is 0 Å². The molecule has 0 saturated carbocycles. The fourth-order valence-electron chi connectivity index (χ4n) is 3.03. The van der Waals surface area contributed by atoms with Crippen molar-refractivity contribution in [1.82, 2.24) is 0 Å². The third-order valence-corrected chi connectivity index (χ3v) is 4.31. The number of carbonyl (C=O) groups excluding carboxylic acids is 2. The molecule has 0 atom stereocenters. The molecule has 0 amide bonds. The summed E-state index contributed by atoms with van der Waals surface area (Å²) in [6, 6.07) is 3.73. The first kappa shape index (κ1) is 23.0. The van der Waals surface area contributed by atoms with Crippen LogP contribution in [0.5, 0.6) is 0 Å². The molecule has 0 aliphatic carbocycles. The van der Waals surface area contributed by atoms with Crippen LogP contribution in [0.4, 0.5) is 4.79 Å². The number of hydrogen-bond acceptors (Lipinski definition) is 6. The Balaban J connectivity index is 2.13. The zero-order valence-corrected chi connectivity index (χ0v) is 17.0. The van der Waals surface area contributed by atoms with E-state index in [1.54, 1.807) is 13.8 Å². The van der Waals surface area contributed by atoms with E-state index in [9.17, 15) is 9.59 Å². The summed E-state index contributed by atoms with van der Waals surface area (Å²) in [5.74, 6) is -0.721. The van der Waals surface area contributed by atoms with Gasteiger partial charge in [0.15, 0.2) is 0 Å². The molecule has 6 nitrogen and oxygen atoms in total. The van der Waals surface area contributed by atoms with E-state index in [1.807, 2.05) is 19.1 Å². The van der Waals surface area contributed by atoms with Crippen LogP contribution in [0.3, 0.4) is 0 Å². The van der Waals surface area contributed by atoms with Crippen molar-refractivity contribution in [2.75, 3.05) is 6.61 Å². The molecule has 152 valence electrons. The quantitative estimate of drug-likeness (QED) is 0.194. The zero-order chi connectivity index (χ0) is 20.1. The third kappa shape index (κ3) is 9.43. The van der Waals surface area contributed by atoms with Crippen molar-refractivity contribution in [2.45, 2.75) is 79.1 Å². The van der Waals surface area contributed by atoms with E-state index in [0.717, 1.165) is 36.0 Å². The summed E-state index contributed by atoms with van der Waals surface area (Å²) in [6.07, 6.45) is 8.18. The summed E-state index contributed by atoms with van der Waals surface area (Å²) >= 11 is 0. The number of unbranched alkanes of at least 4 members (excludes halogenated alkanes) is 7. The number of benzene rings is 1. The third-order valence-electron chi connectivity index (χ3n) is 4.31. The minimum absolute atomic E-state index is 0.251. The number of hydrogen-bond donors (Lipinski definition) is 0. The lowest BCUT2D eigenvalue weighted by Gasteiger charge is -2.09. The van der Waals surface area contributed by atoms with Crippen molar-refractivity contribution in [3.8, 4) is 0 Å².